The van der Waals surface area contributed by atoms with E-state index in [0.29, 0.717) is 5.56 Å². The Kier molecular flexibility index (Phi) is 3.98. The monoisotopic (exact) mass is 306 g/mol. The molecular weight excluding hydrogens is 288 g/mol. The molecule has 1 amide bonds. The lowest BCUT2D eigenvalue weighted by molar-refractivity contribution is -0.115. The van der Waals surface area contributed by atoms with E-state index in [2.05, 4.69) is 10.3 Å². The highest BCUT2D eigenvalue weighted by atomic mass is 16.2. The number of anilines is 1. The number of aromatic nitrogens is 1. The zero-order valence-corrected chi connectivity index (χ0v) is 13.1. The standard InChI is InChI=1S/C19H18N2O2/c1-12-7-3-5-9-16(12)20-18(22)11-15-13(2)14-8-4-6-10-17(14)21-19(15)23/h3-10H,11H2,1-2H3,(H,20,22)(H,21,23). The van der Waals surface area contributed by atoms with E-state index < -0.39 is 0 Å². The number of nitrogens with one attached hydrogen (secondary N) is 2. The number of H-pyrrole nitrogens is 1. The van der Waals surface area contributed by atoms with Crippen LogP contribution in [0.5, 0.6) is 0 Å². The Morgan fingerprint density at radius 2 is 1.74 bits per heavy atom. The molecule has 4 nitrogen and oxygen atoms in total. The first-order valence-electron chi connectivity index (χ1n) is 7.52. The maximum atomic E-state index is 12.3. The van der Waals surface area contributed by atoms with E-state index in [-0.39, 0.29) is 17.9 Å². The van der Waals surface area contributed by atoms with Crippen LogP contribution >= 0.6 is 0 Å². The summed E-state index contributed by atoms with van der Waals surface area (Å²) in [5.41, 5.74) is 3.70. The predicted molar refractivity (Wildman–Crippen MR) is 92.8 cm³/mol. The first-order chi connectivity index (χ1) is 11.1. The highest BCUT2D eigenvalue weighted by molar-refractivity contribution is 5.94. The Balaban J connectivity index is 1.91. The summed E-state index contributed by atoms with van der Waals surface area (Å²) in [4.78, 5) is 27.4. The first-order valence-corrected chi connectivity index (χ1v) is 7.52. The van der Waals surface area contributed by atoms with Crippen molar-refractivity contribution >= 4 is 22.5 Å². The van der Waals surface area contributed by atoms with Gasteiger partial charge in [-0.25, -0.2) is 0 Å². The van der Waals surface area contributed by atoms with Crippen LogP contribution in [0.4, 0.5) is 5.69 Å². The third-order valence-corrected chi connectivity index (χ3v) is 4.06. The average molecular weight is 306 g/mol. The lowest BCUT2D eigenvalue weighted by Gasteiger charge is -2.10. The number of rotatable bonds is 3. The van der Waals surface area contributed by atoms with Gasteiger partial charge in [0.2, 0.25) is 5.91 Å². The number of aryl methyl sites for hydroxylation is 2. The molecule has 0 aliphatic rings. The minimum atomic E-state index is -0.207. The van der Waals surface area contributed by atoms with Gasteiger partial charge in [0, 0.05) is 22.2 Å². The number of amides is 1. The van der Waals surface area contributed by atoms with Crippen LogP contribution in [0.25, 0.3) is 10.9 Å². The molecule has 0 bridgehead atoms. The summed E-state index contributed by atoms with van der Waals surface area (Å²) in [6.07, 6.45) is 0.0559. The van der Waals surface area contributed by atoms with Gasteiger partial charge in [0.25, 0.3) is 5.56 Å². The summed E-state index contributed by atoms with van der Waals surface area (Å²) in [5, 5.41) is 3.83. The van der Waals surface area contributed by atoms with Crippen molar-refractivity contribution in [2.45, 2.75) is 20.3 Å². The molecule has 0 atom stereocenters. The van der Waals surface area contributed by atoms with Gasteiger partial charge < -0.3 is 10.3 Å². The Labute approximate surface area is 134 Å². The van der Waals surface area contributed by atoms with Crippen molar-refractivity contribution in [3.8, 4) is 0 Å². The van der Waals surface area contributed by atoms with E-state index in [9.17, 15) is 9.59 Å². The van der Waals surface area contributed by atoms with E-state index in [1.165, 1.54) is 0 Å². The summed E-state index contributed by atoms with van der Waals surface area (Å²) >= 11 is 0. The molecule has 0 saturated heterocycles. The van der Waals surface area contributed by atoms with Crippen LogP contribution in [0.15, 0.2) is 53.3 Å². The van der Waals surface area contributed by atoms with Crippen LogP contribution in [0.1, 0.15) is 16.7 Å². The molecule has 0 spiro atoms. The van der Waals surface area contributed by atoms with Crippen molar-refractivity contribution in [2.24, 2.45) is 0 Å². The molecule has 0 aliphatic heterocycles. The fraction of sp³-hybridized carbons (Fsp3) is 0.158. The predicted octanol–water partition coefficient (Wildman–Crippen LogP) is 3.33. The highest BCUT2D eigenvalue weighted by Gasteiger charge is 2.13. The molecule has 0 aliphatic carbocycles. The molecule has 2 N–H and O–H groups in total. The summed E-state index contributed by atoms with van der Waals surface area (Å²) in [6, 6.07) is 15.2. The normalized spacial score (nSPS) is 10.7. The van der Waals surface area contributed by atoms with Gasteiger partial charge in [-0.1, -0.05) is 36.4 Å². The summed E-state index contributed by atoms with van der Waals surface area (Å²) in [6.45, 7) is 3.82. The lowest BCUT2D eigenvalue weighted by Crippen LogP contribution is -2.22. The summed E-state index contributed by atoms with van der Waals surface area (Å²) in [7, 11) is 0. The molecule has 1 aromatic heterocycles. The SMILES string of the molecule is Cc1ccccc1NC(=O)Cc1c(C)c2ccccc2[nH]c1=O. The van der Waals surface area contributed by atoms with Crippen molar-refractivity contribution in [3.63, 3.8) is 0 Å². The molecule has 23 heavy (non-hydrogen) atoms. The molecule has 2 aromatic carbocycles. The summed E-state index contributed by atoms with van der Waals surface area (Å²) in [5.74, 6) is -0.191. The molecule has 0 saturated carbocycles. The maximum Gasteiger partial charge on any atom is 0.252 e. The fourth-order valence-electron chi connectivity index (χ4n) is 2.73. The van der Waals surface area contributed by atoms with Crippen molar-refractivity contribution < 1.29 is 4.79 Å². The zero-order valence-electron chi connectivity index (χ0n) is 13.1. The van der Waals surface area contributed by atoms with Crippen LogP contribution in [0.2, 0.25) is 0 Å². The number of carbonyl (C=O) groups is 1. The Hall–Kier alpha value is -2.88. The number of aromatic amines is 1. The first kappa shape index (κ1) is 15.0. The maximum absolute atomic E-state index is 12.3. The molecule has 3 rings (SSSR count). The van der Waals surface area contributed by atoms with Gasteiger partial charge in [0.15, 0.2) is 0 Å². The van der Waals surface area contributed by atoms with Gasteiger partial charge in [-0.15, -0.1) is 0 Å². The van der Waals surface area contributed by atoms with Gasteiger partial charge in [-0.2, -0.15) is 0 Å². The smallest absolute Gasteiger partial charge is 0.252 e. The van der Waals surface area contributed by atoms with Gasteiger partial charge in [-0.3, -0.25) is 9.59 Å². The molecule has 116 valence electrons. The number of carbonyl (C=O) groups excluding carboxylic acids is 1. The number of pyridine rings is 1. The van der Waals surface area contributed by atoms with Gasteiger partial charge in [-0.05, 0) is 37.1 Å². The van der Waals surface area contributed by atoms with Gasteiger partial charge in [0.05, 0.1) is 6.42 Å². The topological polar surface area (TPSA) is 62.0 Å². The Bertz CT molecular complexity index is 941. The number of para-hydroxylation sites is 2. The molecule has 0 fully saturated rings. The van der Waals surface area contributed by atoms with Crippen molar-refractivity contribution in [3.05, 3.63) is 75.6 Å². The third kappa shape index (κ3) is 3.01. The molecule has 0 radical (unpaired) electrons. The lowest BCUT2D eigenvalue weighted by atomic mass is 10.0. The largest absolute Gasteiger partial charge is 0.326 e. The highest BCUT2D eigenvalue weighted by Crippen LogP contribution is 2.18. The second-order valence-electron chi connectivity index (χ2n) is 5.64. The van der Waals surface area contributed by atoms with Crippen LogP contribution in [-0.2, 0) is 11.2 Å². The quantitative estimate of drug-likeness (QED) is 0.779. The number of hydrogen-bond acceptors (Lipinski definition) is 2. The summed E-state index contributed by atoms with van der Waals surface area (Å²) < 4.78 is 0. The van der Waals surface area contributed by atoms with Crippen molar-refractivity contribution in [2.75, 3.05) is 5.32 Å². The van der Waals surface area contributed by atoms with E-state index >= 15 is 0 Å². The Morgan fingerprint density at radius 1 is 1.04 bits per heavy atom. The molecule has 0 unspecified atom stereocenters. The van der Waals surface area contributed by atoms with Crippen molar-refractivity contribution in [1.82, 2.24) is 4.98 Å². The van der Waals surface area contributed by atoms with E-state index in [4.69, 9.17) is 0 Å². The van der Waals surface area contributed by atoms with Crippen LogP contribution in [0, 0.1) is 13.8 Å². The van der Waals surface area contributed by atoms with Crippen LogP contribution in [-0.4, -0.2) is 10.9 Å². The van der Waals surface area contributed by atoms with E-state index in [0.717, 1.165) is 27.7 Å². The zero-order chi connectivity index (χ0) is 16.4. The third-order valence-electron chi connectivity index (χ3n) is 4.06. The van der Waals surface area contributed by atoms with E-state index in [1.54, 1.807) is 0 Å². The number of fused-ring (bicyclic) bond motifs is 1. The van der Waals surface area contributed by atoms with E-state index in [1.807, 2.05) is 62.4 Å². The number of hydrogen-bond donors (Lipinski definition) is 2. The number of benzene rings is 2. The van der Waals surface area contributed by atoms with Gasteiger partial charge >= 0.3 is 0 Å². The van der Waals surface area contributed by atoms with Crippen LogP contribution < -0.4 is 10.9 Å². The minimum absolute atomic E-state index is 0.0559. The average Bonchev–Trinajstić information content (AvgIpc) is 2.54. The van der Waals surface area contributed by atoms with Gasteiger partial charge in [0.1, 0.15) is 0 Å². The Morgan fingerprint density at radius 3 is 2.52 bits per heavy atom. The molecule has 3 aromatic rings. The van der Waals surface area contributed by atoms with Crippen LogP contribution in [0.3, 0.4) is 0 Å². The second kappa shape index (κ2) is 6.08. The second-order valence-corrected chi connectivity index (χ2v) is 5.64. The van der Waals surface area contributed by atoms with Crippen molar-refractivity contribution in [1.29, 1.82) is 0 Å². The molecule has 4 heteroatoms. The molecular formula is C19H18N2O2. The molecule has 1 heterocycles. The fourth-order valence-corrected chi connectivity index (χ4v) is 2.73. The minimum Gasteiger partial charge on any atom is -0.326 e.